The summed E-state index contributed by atoms with van der Waals surface area (Å²) in [4.78, 5) is 12.4. The highest BCUT2D eigenvalue weighted by atomic mass is 35.5. The van der Waals surface area contributed by atoms with Crippen molar-refractivity contribution in [1.29, 1.82) is 0 Å². The number of amides is 1. The Labute approximate surface area is 133 Å². The van der Waals surface area contributed by atoms with Crippen LogP contribution in [0.15, 0.2) is 60.7 Å². The molecule has 3 aromatic rings. The normalized spacial score (nSPS) is 10.5. The molecular formula is C18H14ClNO2. The van der Waals surface area contributed by atoms with E-state index in [0.29, 0.717) is 16.3 Å². The van der Waals surface area contributed by atoms with Gasteiger partial charge < -0.3 is 10.1 Å². The van der Waals surface area contributed by atoms with Crippen LogP contribution >= 0.6 is 11.6 Å². The maximum Gasteiger partial charge on any atom is 0.259 e. The number of hydrogen-bond acceptors (Lipinski definition) is 2. The SMILES string of the molecule is COc1ccc(Cl)cc1C(=O)Nc1ccc2ccccc2c1. The predicted octanol–water partition coefficient (Wildman–Crippen LogP) is 4.75. The highest BCUT2D eigenvalue weighted by Gasteiger charge is 2.13. The number of methoxy groups -OCH3 is 1. The minimum absolute atomic E-state index is 0.255. The number of hydrogen-bond donors (Lipinski definition) is 1. The zero-order valence-electron chi connectivity index (χ0n) is 12.0. The topological polar surface area (TPSA) is 38.3 Å². The van der Waals surface area contributed by atoms with Crippen molar-refractivity contribution in [2.45, 2.75) is 0 Å². The van der Waals surface area contributed by atoms with Gasteiger partial charge in [-0.2, -0.15) is 0 Å². The fraction of sp³-hybridized carbons (Fsp3) is 0.0556. The molecule has 1 N–H and O–H groups in total. The van der Waals surface area contributed by atoms with Crippen LogP contribution in [0.25, 0.3) is 10.8 Å². The Hall–Kier alpha value is -2.52. The summed E-state index contributed by atoms with van der Waals surface area (Å²) in [6.07, 6.45) is 0. The average molecular weight is 312 g/mol. The molecule has 0 aromatic heterocycles. The van der Waals surface area contributed by atoms with Gasteiger partial charge in [-0.1, -0.05) is 41.9 Å². The van der Waals surface area contributed by atoms with Gasteiger partial charge in [0.2, 0.25) is 0 Å². The van der Waals surface area contributed by atoms with Crippen LogP contribution in [-0.4, -0.2) is 13.0 Å². The van der Waals surface area contributed by atoms with E-state index >= 15 is 0 Å². The summed E-state index contributed by atoms with van der Waals surface area (Å²) in [7, 11) is 1.52. The lowest BCUT2D eigenvalue weighted by molar-refractivity contribution is 0.102. The molecule has 0 radical (unpaired) electrons. The molecule has 0 fully saturated rings. The van der Waals surface area contributed by atoms with E-state index in [1.807, 2.05) is 42.5 Å². The van der Waals surface area contributed by atoms with Crippen molar-refractivity contribution in [3.63, 3.8) is 0 Å². The minimum Gasteiger partial charge on any atom is -0.496 e. The molecule has 0 atom stereocenters. The van der Waals surface area contributed by atoms with Crippen LogP contribution in [0.5, 0.6) is 5.75 Å². The van der Waals surface area contributed by atoms with Crippen molar-refractivity contribution < 1.29 is 9.53 Å². The first-order valence-electron chi connectivity index (χ1n) is 6.81. The van der Waals surface area contributed by atoms with Crippen molar-refractivity contribution in [3.8, 4) is 5.75 Å². The standard InChI is InChI=1S/C18H14ClNO2/c1-22-17-9-7-14(19)11-16(17)18(21)20-15-8-6-12-4-2-3-5-13(12)10-15/h2-11H,1H3,(H,20,21). The van der Waals surface area contributed by atoms with Crippen LogP contribution < -0.4 is 10.1 Å². The highest BCUT2D eigenvalue weighted by molar-refractivity contribution is 6.31. The van der Waals surface area contributed by atoms with E-state index in [9.17, 15) is 4.79 Å². The maximum absolute atomic E-state index is 12.4. The van der Waals surface area contributed by atoms with E-state index in [1.54, 1.807) is 18.2 Å². The fourth-order valence-electron chi connectivity index (χ4n) is 2.32. The number of halogens is 1. The van der Waals surface area contributed by atoms with E-state index < -0.39 is 0 Å². The maximum atomic E-state index is 12.4. The largest absolute Gasteiger partial charge is 0.496 e. The zero-order valence-corrected chi connectivity index (χ0v) is 12.7. The van der Waals surface area contributed by atoms with E-state index in [2.05, 4.69) is 5.32 Å². The second-order valence-electron chi connectivity index (χ2n) is 4.86. The molecule has 0 heterocycles. The Morgan fingerprint density at radius 1 is 1.00 bits per heavy atom. The predicted molar refractivity (Wildman–Crippen MR) is 89.9 cm³/mol. The van der Waals surface area contributed by atoms with Crippen molar-refractivity contribution >= 4 is 34.0 Å². The lowest BCUT2D eigenvalue weighted by atomic mass is 10.1. The number of rotatable bonds is 3. The van der Waals surface area contributed by atoms with Gasteiger partial charge in [-0.15, -0.1) is 0 Å². The lowest BCUT2D eigenvalue weighted by Crippen LogP contribution is -2.13. The first kappa shape index (κ1) is 14.4. The molecule has 0 saturated carbocycles. The molecule has 4 heteroatoms. The van der Waals surface area contributed by atoms with Crippen molar-refractivity contribution in [1.82, 2.24) is 0 Å². The van der Waals surface area contributed by atoms with Crippen LogP contribution in [0.1, 0.15) is 10.4 Å². The van der Waals surface area contributed by atoms with E-state index in [0.717, 1.165) is 16.5 Å². The van der Waals surface area contributed by atoms with E-state index in [-0.39, 0.29) is 5.91 Å². The second-order valence-corrected chi connectivity index (χ2v) is 5.30. The van der Waals surface area contributed by atoms with Crippen LogP contribution in [0.4, 0.5) is 5.69 Å². The number of benzene rings is 3. The number of fused-ring (bicyclic) bond motifs is 1. The summed E-state index contributed by atoms with van der Waals surface area (Å²) in [5.41, 5.74) is 1.13. The summed E-state index contributed by atoms with van der Waals surface area (Å²) >= 11 is 5.96. The molecular weight excluding hydrogens is 298 g/mol. The number of nitrogens with one attached hydrogen (secondary N) is 1. The molecule has 3 aromatic carbocycles. The van der Waals surface area contributed by atoms with E-state index in [1.165, 1.54) is 7.11 Å². The molecule has 3 nitrogen and oxygen atoms in total. The number of carbonyl (C=O) groups is 1. The lowest BCUT2D eigenvalue weighted by Gasteiger charge is -2.10. The third kappa shape index (κ3) is 2.90. The third-order valence-corrected chi connectivity index (χ3v) is 3.65. The first-order chi connectivity index (χ1) is 10.7. The fourth-order valence-corrected chi connectivity index (χ4v) is 2.50. The Balaban J connectivity index is 1.91. The van der Waals surface area contributed by atoms with Gasteiger partial charge in [0.1, 0.15) is 5.75 Å². The van der Waals surface area contributed by atoms with Gasteiger partial charge >= 0.3 is 0 Å². The van der Waals surface area contributed by atoms with Crippen molar-refractivity contribution in [2.75, 3.05) is 12.4 Å². The number of anilines is 1. The van der Waals surface area contributed by atoms with Gasteiger partial charge in [-0.05, 0) is 41.1 Å². The molecule has 0 aliphatic rings. The minimum atomic E-state index is -0.255. The molecule has 0 aliphatic heterocycles. The van der Waals surface area contributed by atoms with Crippen molar-refractivity contribution in [3.05, 3.63) is 71.2 Å². The van der Waals surface area contributed by atoms with Gasteiger partial charge in [-0.3, -0.25) is 4.79 Å². The Morgan fingerprint density at radius 2 is 1.77 bits per heavy atom. The third-order valence-electron chi connectivity index (χ3n) is 3.41. The van der Waals surface area contributed by atoms with Gasteiger partial charge in [0.25, 0.3) is 5.91 Å². The molecule has 0 saturated heterocycles. The first-order valence-corrected chi connectivity index (χ1v) is 7.19. The monoisotopic (exact) mass is 311 g/mol. The summed E-state index contributed by atoms with van der Waals surface area (Å²) in [6.45, 7) is 0. The average Bonchev–Trinajstić information content (AvgIpc) is 2.54. The van der Waals surface area contributed by atoms with Crippen LogP contribution in [0.2, 0.25) is 5.02 Å². The summed E-state index contributed by atoms with van der Waals surface area (Å²) in [5.74, 6) is 0.234. The van der Waals surface area contributed by atoms with Gasteiger partial charge in [0.05, 0.1) is 12.7 Å². The van der Waals surface area contributed by atoms with Crippen LogP contribution in [-0.2, 0) is 0 Å². The molecule has 110 valence electrons. The van der Waals surface area contributed by atoms with Crippen LogP contribution in [0, 0.1) is 0 Å². The molecule has 3 rings (SSSR count). The summed E-state index contributed by atoms with van der Waals surface area (Å²) in [5, 5.41) is 5.56. The molecule has 0 unspecified atom stereocenters. The molecule has 1 amide bonds. The molecule has 0 spiro atoms. The number of ether oxygens (including phenoxy) is 1. The van der Waals surface area contributed by atoms with Crippen LogP contribution in [0.3, 0.4) is 0 Å². The number of carbonyl (C=O) groups excluding carboxylic acids is 1. The van der Waals surface area contributed by atoms with Gasteiger partial charge in [0.15, 0.2) is 0 Å². The summed E-state index contributed by atoms with van der Waals surface area (Å²) < 4.78 is 5.21. The summed E-state index contributed by atoms with van der Waals surface area (Å²) in [6, 6.07) is 18.7. The van der Waals surface area contributed by atoms with Crippen molar-refractivity contribution in [2.24, 2.45) is 0 Å². The Morgan fingerprint density at radius 3 is 2.55 bits per heavy atom. The quantitative estimate of drug-likeness (QED) is 0.757. The Bertz CT molecular complexity index is 845. The zero-order chi connectivity index (χ0) is 15.5. The second kappa shape index (κ2) is 6.08. The molecule has 22 heavy (non-hydrogen) atoms. The molecule has 0 aliphatic carbocycles. The Kier molecular flexibility index (Phi) is 3.98. The van der Waals surface area contributed by atoms with Gasteiger partial charge in [0, 0.05) is 10.7 Å². The van der Waals surface area contributed by atoms with E-state index in [4.69, 9.17) is 16.3 Å². The molecule has 0 bridgehead atoms. The smallest absolute Gasteiger partial charge is 0.259 e. The van der Waals surface area contributed by atoms with Gasteiger partial charge in [-0.25, -0.2) is 0 Å². The highest BCUT2D eigenvalue weighted by Crippen LogP contribution is 2.25.